The predicted molar refractivity (Wildman–Crippen MR) is 135 cm³/mol. The molecule has 0 spiro atoms. The van der Waals surface area contributed by atoms with E-state index in [0.29, 0.717) is 29.5 Å². The molecule has 2 aromatic carbocycles. The fraction of sp³-hybridized carbons (Fsp3) is 0.400. The number of piperazine rings is 2. The third-order valence-electron chi connectivity index (χ3n) is 6.32. The molecule has 1 atom stereocenters. The first-order valence-electron chi connectivity index (χ1n) is 11.7. The first kappa shape index (κ1) is 24.8. The van der Waals surface area contributed by atoms with Gasteiger partial charge < -0.3 is 25.2 Å². The van der Waals surface area contributed by atoms with Crippen LogP contribution in [0.3, 0.4) is 0 Å². The number of nitrogens with one attached hydrogen (secondary N) is 2. The smallest absolute Gasteiger partial charge is 0.243 e. The number of amides is 3. The van der Waals surface area contributed by atoms with Gasteiger partial charge in [0.15, 0.2) is 0 Å². The second kappa shape index (κ2) is 11.4. The molecule has 2 heterocycles. The molecule has 2 saturated heterocycles. The lowest BCUT2D eigenvalue weighted by atomic mass is 10.1. The zero-order valence-corrected chi connectivity index (χ0v) is 20.5. The van der Waals surface area contributed by atoms with Crippen LogP contribution in [0.25, 0.3) is 0 Å². The van der Waals surface area contributed by atoms with Crippen LogP contribution in [0.4, 0.5) is 11.4 Å². The molecule has 10 heteroatoms. The van der Waals surface area contributed by atoms with Gasteiger partial charge in [0.2, 0.25) is 17.7 Å². The molecule has 0 bridgehead atoms. The molecule has 4 rings (SSSR count). The summed E-state index contributed by atoms with van der Waals surface area (Å²) in [6.07, 6.45) is -0.127. The summed E-state index contributed by atoms with van der Waals surface area (Å²) in [7, 11) is 1.52. The van der Waals surface area contributed by atoms with Crippen molar-refractivity contribution >= 4 is 40.7 Å². The Hall–Kier alpha value is -3.30. The molecule has 186 valence electrons. The highest BCUT2D eigenvalue weighted by atomic mass is 35.5. The first-order valence-corrected chi connectivity index (χ1v) is 12.1. The Morgan fingerprint density at radius 3 is 2.60 bits per heavy atom. The van der Waals surface area contributed by atoms with E-state index in [0.717, 1.165) is 31.9 Å². The molecule has 1 unspecified atom stereocenters. The van der Waals surface area contributed by atoms with Crippen molar-refractivity contribution in [3.63, 3.8) is 0 Å². The zero-order chi connectivity index (χ0) is 24.8. The fourth-order valence-electron chi connectivity index (χ4n) is 4.46. The Balaban J connectivity index is 1.34. The SMILES string of the molecule is COc1ccccc1NC(=O)CC1C(=O)NCCN1C(=O)CN1CCN(c2cccc(Cl)c2)CC1. The van der Waals surface area contributed by atoms with Crippen molar-refractivity contribution in [3.8, 4) is 5.75 Å². The molecule has 9 nitrogen and oxygen atoms in total. The number of hydrogen-bond donors (Lipinski definition) is 2. The topological polar surface area (TPSA) is 94.2 Å². The number of para-hydroxylation sites is 2. The van der Waals surface area contributed by atoms with Gasteiger partial charge in [-0.15, -0.1) is 0 Å². The predicted octanol–water partition coefficient (Wildman–Crippen LogP) is 1.83. The monoisotopic (exact) mass is 499 g/mol. The highest BCUT2D eigenvalue weighted by molar-refractivity contribution is 6.30. The fourth-order valence-corrected chi connectivity index (χ4v) is 4.64. The second-order valence-corrected chi connectivity index (χ2v) is 9.03. The summed E-state index contributed by atoms with van der Waals surface area (Å²) in [6.45, 7) is 3.95. The lowest BCUT2D eigenvalue weighted by molar-refractivity contribution is -0.145. The van der Waals surface area contributed by atoms with Crippen LogP contribution in [0.1, 0.15) is 6.42 Å². The molecule has 0 radical (unpaired) electrons. The first-order chi connectivity index (χ1) is 16.9. The largest absolute Gasteiger partial charge is 0.495 e. The number of hydrogen-bond acceptors (Lipinski definition) is 6. The van der Waals surface area contributed by atoms with Crippen molar-refractivity contribution in [1.82, 2.24) is 15.1 Å². The summed E-state index contributed by atoms with van der Waals surface area (Å²) in [5.41, 5.74) is 1.59. The van der Waals surface area contributed by atoms with E-state index in [9.17, 15) is 14.4 Å². The number of rotatable bonds is 7. The number of nitrogens with zero attached hydrogens (tertiary/aromatic N) is 3. The van der Waals surface area contributed by atoms with E-state index in [-0.39, 0.29) is 30.7 Å². The van der Waals surface area contributed by atoms with Crippen molar-refractivity contribution in [2.24, 2.45) is 0 Å². The Morgan fingerprint density at radius 1 is 1.09 bits per heavy atom. The summed E-state index contributed by atoms with van der Waals surface area (Å²) in [5.74, 6) is -0.292. The molecule has 3 amide bonds. The second-order valence-electron chi connectivity index (χ2n) is 8.59. The normalized spacial score (nSPS) is 18.7. The van der Waals surface area contributed by atoms with E-state index in [1.807, 2.05) is 24.3 Å². The van der Waals surface area contributed by atoms with Crippen LogP contribution in [0.5, 0.6) is 5.75 Å². The van der Waals surface area contributed by atoms with E-state index in [4.69, 9.17) is 16.3 Å². The number of anilines is 2. The molecule has 2 aliphatic rings. The Bertz CT molecular complexity index is 1070. The minimum Gasteiger partial charge on any atom is -0.495 e. The quantitative estimate of drug-likeness (QED) is 0.603. The molecule has 35 heavy (non-hydrogen) atoms. The Labute approximate surface area is 210 Å². The standard InChI is InChI=1S/C25H30ClN5O4/c1-35-22-8-3-2-7-20(22)28-23(32)16-21-25(34)27-9-10-31(21)24(33)17-29-11-13-30(14-12-29)19-6-4-5-18(26)15-19/h2-8,15,21H,9-14,16-17H2,1H3,(H,27,34)(H,28,32). The number of carbonyl (C=O) groups is 3. The minimum absolute atomic E-state index is 0.127. The summed E-state index contributed by atoms with van der Waals surface area (Å²) >= 11 is 6.11. The summed E-state index contributed by atoms with van der Waals surface area (Å²) in [5, 5.41) is 6.26. The van der Waals surface area contributed by atoms with Gasteiger partial charge in [0, 0.05) is 50.0 Å². The van der Waals surface area contributed by atoms with Crippen molar-refractivity contribution in [3.05, 3.63) is 53.6 Å². The molecular weight excluding hydrogens is 470 g/mol. The van der Waals surface area contributed by atoms with Crippen molar-refractivity contribution in [2.45, 2.75) is 12.5 Å². The van der Waals surface area contributed by atoms with Crippen LogP contribution < -0.4 is 20.3 Å². The van der Waals surface area contributed by atoms with E-state index in [1.165, 1.54) is 12.0 Å². The molecule has 0 aromatic heterocycles. The van der Waals surface area contributed by atoms with Crippen molar-refractivity contribution < 1.29 is 19.1 Å². The van der Waals surface area contributed by atoms with Gasteiger partial charge in [0.25, 0.3) is 0 Å². The van der Waals surface area contributed by atoms with Crippen LogP contribution in [-0.4, -0.2) is 86.5 Å². The minimum atomic E-state index is -0.848. The molecular formula is C25H30ClN5O4. The van der Waals surface area contributed by atoms with E-state index >= 15 is 0 Å². The molecule has 2 fully saturated rings. The van der Waals surface area contributed by atoms with Crippen LogP contribution in [0.2, 0.25) is 5.02 Å². The molecule has 0 aliphatic carbocycles. The summed E-state index contributed by atoms with van der Waals surface area (Å²) in [6, 6.07) is 14.0. The zero-order valence-electron chi connectivity index (χ0n) is 19.7. The van der Waals surface area contributed by atoms with E-state index in [2.05, 4.69) is 20.4 Å². The molecule has 2 N–H and O–H groups in total. The third-order valence-corrected chi connectivity index (χ3v) is 6.55. The van der Waals surface area contributed by atoms with Gasteiger partial charge in [-0.3, -0.25) is 19.3 Å². The van der Waals surface area contributed by atoms with Gasteiger partial charge in [-0.25, -0.2) is 0 Å². The Kier molecular flexibility index (Phi) is 8.09. The van der Waals surface area contributed by atoms with Gasteiger partial charge in [-0.1, -0.05) is 29.8 Å². The van der Waals surface area contributed by atoms with Crippen molar-refractivity contribution in [2.75, 3.05) is 63.1 Å². The average Bonchev–Trinajstić information content (AvgIpc) is 2.86. The average molecular weight is 500 g/mol. The van der Waals surface area contributed by atoms with Crippen LogP contribution in [0, 0.1) is 0 Å². The maximum atomic E-state index is 13.2. The van der Waals surface area contributed by atoms with Crippen LogP contribution in [0.15, 0.2) is 48.5 Å². The maximum absolute atomic E-state index is 13.2. The highest BCUT2D eigenvalue weighted by Gasteiger charge is 2.35. The van der Waals surface area contributed by atoms with Crippen LogP contribution in [-0.2, 0) is 14.4 Å². The number of methoxy groups -OCH3 is 1. The Morgan fingerprint density at radius 2 is 1.86 bits per heavy atom. The molecule has 0 saturated carbocycles. The lowest BCUT2D eigenvalue weighted by Crippen LogP contribution is -2.60. The number of benzene rings is 2. The van der Waals surface area contributed by atoms with Gasteiger partial charge >= 0.3 is 0 Å². The number of ether oxygens (including phenoxy) is 1. The van der Waals surface area contributed by atoms with Crippen molar-refractivity contribution in [1.29, 1.82) is 0 Å². The van der Waals surface area contributed by atoms with Gasteiger partial charge in [-0.05, 0) is 30.3 Å². The molecule has 2 aromatic rings. The lowest BCUT2D eigenvalue weighted by Gasteiger charge is -2.39. The maximum Gasteiger partial charge on any atom is 0.243 e. The van der Waals surface area contributed by atoms with E-state index < -0.39 is 6.04 Å². The van der Waals surface area contributed by atoms with Gasteiger partial charge in [0.05, 0.1) is 25.8 Å². The number of halogens is 1. The van der Waals surface area contributed by atoms with Crippen LogP contribution >= 0.6 is 11.6 Å². The van der Waals surface area contributed by atoms with E-state index in [1.54, 1.807) is 24.3 Å². The van der Waals surface area contributed by atoms with Gasteiger partial charge in [-0.2, -0.15) is 0 Å². The highest BCUT2D eigenvalue weighted by Crippen LogP contribution is 2.24. The molecule has 2 aliphatic heterocycles. The summed E-state index contributed by atoms with van der Waals surface area (Å²) in [4.78, 5) is 44.4. The third kappa shape index (κ3) is 6.23. The number of carbonyl (C=O) groups excluding carboxylic acids is 3. The summed E-state index contributed by atoms with van der Waals surface area (Å²) < 4.78 is 5.27. The van der Waals surface area contributed by atoms with Gasteiger partial charge in [0.1, 0.15) is 11.8 Å².